The number of thiazole rings is 1. The molecular formula is C23H22F6N8OS. The first-order valence-corrected chi connectivity index (χ1v) is 12.6. The van der Waals surface area contributed by atoms with Crippen molar-refractivity contribution in [3.63, 3.8) is 0 Å². The molecule has 16 heteroatoms. The first-order chi connectivity index (χ1) is 18.2. The molecule has 0 bridgehead atoms. The minimum Gasteiger partial charge on any atom is -0.358 e. The molecule has 4 heterocycles. The van der Waals surface area contributed by atoms with Crippen LogP contribution in [0.15, 0.2) is 18.2 Å². The van der Waals surface area contributed by atoms with Crippen LogP contribution in [0.5, 0.6) is 0 Å². The summed E-state index contributed by atoms with van der Waals surface area (Å²) in [6.45, 7) is 5.77. The molecule has 5 rings (SSSR count). The normalized spacial score (nSPS) is 16.9. The number of piperazine rings is 1. The zero-order chi connectivity index (χ0) is 28.3. The summed E-state index contributed by atoms with van der Waals surface area (Å²) in [6, 6.07) is 3.03. The van der Waals surface area contributed by atoms with Crippen molar-refractivity contribution in [2.24, 2.45) is 0 Å². The molecule has 0 aliphatic carbocycles. The molecule has 1 saturated heterocycles. The van der Waals surface area contributed by atoms with Crippen molar-refractivity contribution >= 4 is 33.3 Å². The van der Waals surface area contributed by atoms with Gasteiger partial charge in [-0.1, -0.05) is 17.4 Å². The molecule has 1 N–H and O–H groups in total. The molecular weight excluding hydrogens is 550 g/mol. The van der Waals surface area contributed by atoms with Crippen molar-refractivity contribution in [1.82, 2.24) is 34.6 Å². The quantitative estimate of drug-likeness (QED) is 0.357. The molecule has 4 aromatic rings. The molecule has 1 aromatic carbocycles. The van der Waals surface area contributed by atoms with Crippen molar-refractivity contribution < 1.29 is 31.1 Å². The van der Waals surface area contributed by atoms with Gasteiger partial charge in [-0.05, 0) is 32.9 Å². The van der Waals surface area contributed by atoms with Crippen LogP contribution in [-0.2, 0) is 23.7 Å². The predicted octanol–water partition coefficient (Wildman–Crippen LogP) is 4.67. The standard InChI is InChI=1S/C23H22F6N8OS/c1-11-9-35(7-8-36(11)16(38)10-37-13(3)30-12(2)34-37)20-18(33-21(39-20)23(27,28)29)19-31-15-6-4-5-14(17(15)32-19)22(24,25)26/h4-6,11H,7-10H2,1-3H3,(H,31,32). The van der Waals surface area contributed by atoms with E-state index < -0.39 is 28.4 Å². The second kappa shape index (κ2) is 9.50. The minimum atomic E-state index is -4.77. The van der Waals surface area contributed by atoms with E-state index in [4.69, 9.17) is 0 Å². The molecule has 0 saturated carbocycles. The maximum atomic E-state index is 13.7. The summed E-state index contributed by atoms with van der Waals surface area (Å²) in [5, 5.41) is 3.16. The van der Waals surface area contributed by atoms with Gasteiger partial charge < -0.3 is 14.8 Å². The lowest BCUT2D eigenvalue weighted by atomic mass is 10.2. The molecule has 3 aromatic heterocycles. The van der Waals surface area contributed by atoms with Crippen LogP contribution in [0.3, 0.4) is 0 Å². The summed E-state index contributed by atoms with van der Waals surface area (Å²) in [5.41, 5.74) is -1.59. The van der Waals surface area contributed by atoms with E-state index in [9.17, 15) is 31.1 Å². The summed E-state index contributed by atoms with van der Waals surface area (Å²) in [6.07, 6.45) is -9.46. The molecule has 39 heavy (non-hydrogen) atoms. The van der Waals surface area contributed by atoms with Crippen LogP contribution < -0.4 is 4.90 Å². The number of aromatic amines is 1. The Morgan fingerprint density at radius 3 is 2.44 bits per heavy atom. The van der Waals surface area contributed by atoms with Crippen molar-refractivity contribution in [1.29, 1.82) is 0 Å². The van der Waals surface area contributed by atoms with Gasteiger partial charge in [0.2, 0.25) is 10.9 Å². The van der Waals surface area contributed by atoms with E-state index in [0.29, 0.717) is 23.0 Å². The Morgan fingerprint density at radius 2 is 1.82 bits per heavy atom. The highest BCUT2D eigenvalue weighted by Gasteiger charge is 2.39. The van der Waals surface area contributed by atoms with Gasteiger partial charge in [0.1, 0.15) is 34.4 Å². The maximum Gasteiger partial charge on any atom is 0.443 e. The van der Waals surface area contributed by atoms with E-state index in [1.165, 1.54) is 16.8 Å². The number of fused-ring (bicyclic) bond motifs is 1. The van der Waals surface area contributed by atoms with Crippen LogP contribution in [0.1, 0.15) is 29.1 Å². The average Bonchev–Trinajstić information content (AvgIpc) is 3.54. The number of halogens is 6. The Hall–Kier alpha value is -3.69. The SMILES string of the molecule is Cc1nc(C)n(CC(=O)N2CCN(c3sc(C(F)(F)F)nc3-c3nc4c(C(F)(F)F)cccc4[nH]3)CC2C)n1. The van der Waals surface area contributed by atoms with Crippen molar-refractivity contribution in [2.45, 2.75) is 45.7 Å². The molecule has 1 unspecified atom stereocenters. The number of para-hydroxylation sites is 1. The third-order valence-corrected chi connectivity index (χ3v) is 7.54. The number of benzene rings is 1. The average molecular weight is 573 g/mol. The van der Waals surface area contributed by atoms with Crippen LogP contribution in [0, 0.1) is 13.8 Å². The number of rotatable bonds is 4. The lowest BCUT2D eigenvalue weighted by molar-refractivity contribution is -0.138. The van der Waals surface area contributed by atoms with Crippen LogP contribution in [-0.4, -0.2) is 66.2 Å². The number of anilines is 1. The Labute approximate surface area is 221 Å². The lowest BCUT2D eigenvalue weighted by Gasteiger charge is -2.40. The topological polar surface area (TPSA) is 95.8 Å². The van der Waals surface area contributed by atoms with Gasteiger partial charge in [-0.3, -0.25) is 4.79 Å². The van der Waals surface area contributed by atoms with Crippen molar-refractivity contribution in [3.05, 3.63) is 40.4 Å². The van der Waals surface area contributed by atoms with Crippen LogP contribution in [0.2, 0.25) is 0 Å². The molecule has 1 fully saturated rings. The number of amides is 1. The van der Waals surface area contributed by atoms with Crippen LogP contribution in [0.4, 0.5) is 31.3 Å². The highest BCUT2D eigenvalue weighted by Crippen LogP contribution is 2.43. The van der Waals surface area contributed by atoms with E-state index in [1.807, 2.05) is 0 Å². The fraction of sp³-hybridized carbons (Fsp3) is 0.435. The highest BCUT2D eigenvalue weighted by molar-refractivity contribution is 7.16. The number of alkyl halides is 6. The fourth-order valence-electron chi connectivity index (χ4n) is 4.62. The third-order valence-electron chi connectivity index (χ3n) is 6.38. The van der Waals surface area contributed by atoms with E-state index >= 15 is 0 Å². The van der Waals surface area contributed by atoms with Gasteiger partial charge in [-0.25, -0.2) is 19.6 Å². The Kier molecular flexibility index (Phi) is 6.55. The Balaban J connectivity index is 1.45. The number of carbonyl (C=O) groups excluding carboxylic acids is 1. The van der Waals surface area contributed by atoms with Crippen LogP contribution >= 0.6 is 11.3 Å². The molecule has 1 amide bonds. The largest absolute Gasteiger partial charge is 0.443 e. The van der Waals surface area contributed by atoms with Gasteiger partial charge in [0.15, 0.2) is 5.82 Å². The molecule has 208 valence electrons. The zero-order valence-electron chi connectivity index (χ0n) is 20.9. The van der Waals surface area contributed by atoms with E-state index in [1.54, 1.807) is 30.6 Å². The van der Waals surface area contributed by atoms with Gasteiger partial charge in [0, 0.05) is 25.7 Å². The first-order valence-electron chi connectivity index (χ1n) is 11.8. The number of H-pyrrole nitrogens is 1. The van der Waals surface area contributed by atoms with Gasteiger partial charge in [-0.2, -0.15) is 31.4 Å². The van der Waals surface area contributed by atoms with Gasteiger partial charge in [0.05, 0.1) is 11.1 Å². The van der Waals surface area contributed by atoms with Gasteiger partial charge >= 0.3 is 12.4 Å². The second-order valence-corrected chi connectivity index (χ2v) is 10.2. The summed E-state index contributed by atoms with van der Waals surface area (Å²) in [5.74, 6) is 0.698. The number of nitrogens with zero attached hydrogens (tertiary/aromatic N) is 7. The van der Waals surface area contributed by atoms with E-state index in [-0.39, 0.29) is 60.2 Å². The molecule has 0 spiro atoms. The highest BCUT2D eigenvalue weighted by atomic mass is 32.1. The minimum absolute atomic E-state index is 0.0229. The Bertz CT molecular complexity index is 1540. The zero-order valence-corrected chi connectivity index (χ0v) is 21.7. The molecule has 1 aliphatic heterocycles. The summed E-state index contributed by atoms with van der Waals surface area (Å²) in [7, 11) is 0. The lowest BCUT2D eigenvalue weighted by Crippen LogP contribution is -2.54. The molecule has 0 radical (unpaired) electrons. The number of nitrogens with one attached hydrogen (secondary N) is 1. The van der Waals surface area contributed by atoms with E-state index in [2.05, 4.69) is 25.0 Å². The number of hydrogen-bond donors (Lipinski definition) is 1. The molecule has 9 nitrogen and oxygen atoms in total. The third kappa shape index (κ3) is 5.16. The van der Waals surface area contributed by atoms with Gasteiger partial charge in [-0.15, -0.1) is 0 Å². The number of aromatic nitrogens is 6. The number of carbonyl (C=O) groups is 1. The van der Waals surface area contributed by atoms with Crippen molar-refractivity contribution in [3.8, 4) is 11.5 Å². The number of imidazole rings is 1. The first kappa shape index (κ1) is 26.9. The maximum absolute atomic E-state index is 13.7. The number of hydrogen-bond acceptors (Lipinski definition) is 7. The summed E-state index contributed by atoms with van der Waals surface area (Å²) in [4.78, 5) is 30.9. The van der Waals surface area contributed by atoms with E-state index in [0.717, 1.165) is 6.07 Å². The smallest absolute Gasteiger partial charge is 0.358 e. The van der Waals surface area contributed by atoms with Crippen LogP contribution in [0.25, 0.3) is 22.6 Å². The van der Waals surface area contributed by atoms with Crippen molar-refractivity contribution in [2.75, 3.05) is 24.5 Å². The number of aryl methyl sites for hydroxylation is 2. The predicted molar refractivity (Wildman–Crippen MR) is 130 cm³/mol. The molecule has 1 atom stereocenters. The summed E-state index contributed by atoms with van der Waals surface area (Å²) >= 11 is 0.388. The van der Waals surface area contributed by atoms with Gasteiger partial charge in [0.25, 0.3) is 0 Å². The second-order valence-electron chi connectivity index (χ2n) is 9.20. The summed E-state index contributed by atoms with van der Waals surface area (Å²) < 4.78 is 83.0. The molecule has 1 aliphatic rings. The fourth-order valence-corrected chi connectivity index (χ4v) is 5.59. The Morgan fingerprint density at radius 1 is 1.08 bits per heavy atom. The monoisotopic (exact) mass is 572 g/mol.